The number of piperidine rings is 1. The number of benzene rings is 2. The number of carbonyl (C=O) groups is 2. The van der Waals surface area contributed by atoms with Gasteiger partial charge < -0.3 is 10.1 Å². The Bertz CT molecular complexity index is 1300. The Balaban J connectivity index is 1.34. The fourth-order valence-electron chi connectivity index (χ4n) is 3.82. The highest BCUT2D eigenvalue weighted by Gasteiger charge is 2.32. The van der Waals surface area contributed by atoms with Crippen molar-refractivity contribution in [3.63, 3.8) is 0 Å². The van der Waals surface area contributed by atoms with Gasteiger partial charge in [-0.3, -0.25) is 4.79 Å². The van der Waals surface area contributed by atoms with Crippen molar-refractivity contribution in [2.75, 3.05) is 31.8 Å². The molecular formula is C24H25N3O5S3. The zero-order valence-corrected chi connectivity index (χ0v) is 21.7. The van der Waals surface area contributed by atoms with Crippen LogP contribution in [0.5, 0.6) is 0 Å². The largest absolute Gasteiger partial charge is 0.465 e. The van der Waals surface area contributed by atoms with E-state index < -0.39 is 16.0 Å². The number of amides is 1. The number of nitrogens with one attached hydrogen (secondary N) is 1. The summed E-state index contributed by atoms with van der Waals surface area (Å²) in [6.07, 6.45) is 2.83. The summed E-state index contributed by atoms with van der Waals surface area (Å²) in [7, 11) is -2.25. The first-order valence-corrected chi connectivity index (χ1v) is 14.5. The predicted octanol–water partition coefficient (Wildman–Crippen LogP) is 4.36. The zero-order valence-electron chi connectivity index (χ0n) is 19.3. The average Bonchev–Trinajstić information content (AvgIpc) is 3.36. The molecule has 4 rings (SSSR count). The molecule has 0 unspecified atom stereocenters. The lowest BCUT2D eigenvalue weighted by atomic mass is 9.97. The van der Waals surface area contributed by atoms with Gasteiger partial charge in [0.25, 0.3) is 0 Å². The van der Waals surface area contributed by atoms with Gasteiger partial charge in [0.1, 0.15) is 0 Å². The molecule has 1 N–H and O–H groups in total. The van der Waals surface area contributed by atoms with Crippen LogP contribution in [-0.2, 0) is 19.6 Å². The van der Waals surface area contributed by atoms with E-state index in [0.717, 1.165) is 10.5 Å². The van der Waals surface area contributed by atoms with E-state index in [0.29, 0.717) is 42.3 Å². The van der Waals surface area contributed by atoms with Gasteiger partial charge in [-0.2, -0.15) is 4.31 Å². The van der Waals surface area contributed by atoms with E-state index in [-0.39, 0.29) is 16.7 Å². The normalized spacial score (nSPS) is 15.0. The van der Waals surface area contributed by atoms with Crippen LogP contribution in [0.3, 0.4) is 0 Å². The summed E-state index contributed by atoms with van der Waals surface area (Å²) in [5, 5.41) is 5.17. The Morgan fingerprint density at radius 3 is 2.34 bits per heavy atom. The molecule has 8 nitrogen and oxygen atoms in total. The van der Waals surface area contributed by atoms with Crippen molar-refractivity contribution in [3.8, 4) is 11.3 Å². The van der Waals surface area contributed by atoms with Crippen LogP contribution in [0.25, 0.3) is 11.3 Å². The van der Waals surface area contributed by atoms with Crippen molar-refractivity contribution in [2.24, 2.45) is 5.92 Å². The number of nitrogens with zero attached hydrogens (tertiary/aromatic N) is 2. The van der Waals surface area contributed by atoms with E-state index in [1.54, 1.807) is 60.3 Å². The first kappa shape index (κ1) is 25.4. The maximum atomic E-state index is 13.0. The maximum Gasteiger partial charge on any atom is 0.337 e. The number of methoxy groups -OCH3 is 1. The number of thioether (sulfide) groups is 1. The topological polar surface area (TPSA) is 106 Å². The minimum atomic E-state index is -3.58. The van der Waals surface area contributed by atoms with Crippen LogP contribution in [-0.4, -0.2) is 56.0 Å². The summed E-state index contributed by atoms with van der Waals surface area (Å²) >= 11 is 2.87. The van der Waals surface area contributed by atoms with Crippen LogP contribution in [0.15, 0.2) is 63.7 Å². The van der Waals surface area contributed by atoms with Gasteiger partial charge in [0.2, 0.25) is 15.9 Å². The number of rotatable bonds is 7. The molecule has 1 aliphatic heterocycles. The van der Waals surface area contributed by atoms with Crippen molar-refractivity contribution < 1.29 is 22.7 Å². The molecule has 35 heavy (non-hydrogen) atoms. The van der Waals surface area contributed by atoms with E-state index in [1.165, 1.54) is 22.8 Å². The van der Waals surface area contributed by atoms with Gasteiger partial charge >= 0.3 is 5.97 Å². The van der Waals surface area contributed by atoms with Crippen molar-refractivity contribution >= 4 is 50.1 Å². The Morgan fingerprint density at radius 1 is 1.09 bits per heavy atom. The third-order valence-electron chi connectivity index (χ3n) is 5.86. The molecule has 11 heteroatoms. The predicted molar refractivity (Wildman–Crippen MR) is 137 cm³/mol. The minimum Gasteiger partial charge on any atom is -0.465 e. The van der Waals surface area contributed by atoms with E-state index in [4.69, 9.17) is 4.74 Å². The molecule has 0 spiro atoms. The molecule has 1 fully saturated rings. The summed E-state index contributed by atoms with van der Waals surface area (Å²) in [5.41, 5.74) is 1.96. The molecule has 0 atom stereocenters. The Hall–Kier alpha value is -2.73. The molecule has 0 bridgehead atoms. The van der Waals surface area contributed by atoms with Gasteiger partial charge in [0, 0.05) is 34.8 Å². The quantitative estimate of drug-likeness (QED) is 0.357. The fraction of sp³-hybridized carbons (Fsp3) is 0.292. The first-order chi connectivity index (χ1) is 16.8. The third-order valence-corrected chi connectivity index (χ3v) is 9.27. The Morgan fingerprint density at radius 2 is 1.74 bits per heavy atom. The van der Waals surface area contributed by atoms with E-state index in [1.807, 2.05) is 11.6 Å². The summed E-state index contributed by atoms with van der Waals surface area (Å²) in [4.78, 5) is 30.1. The van der Waals surface area contributed by atoms with E-state index >= 15 is 0 Å². The summed E-state index contributed by atoms with van der Waals surface area (Å²) in [6.45, 7) is 0.584. The number of ether oxygens (including phenoxy) is 1. The number of aromatic nitrogens is 1. The number of esters is 1. The number of thiazole rings is 1. The highest BCUT2D eigenvalue weighted by Crippen LogP contribution is 2.28. The number of sulfonamides is 1. The molecule has 0 saturated carbocycles. The second kappa shape index (κ2) is 10.9. The molecule has 0 radical (unpaired) electrons. The molecule has 3 aromatic rings. The first-order valence-electron chi connectivity index (χ1n) is 10.9. The zero-order chi connectivity index (χ0) is 25.0. The highest BCUT2D eigenvalue weighted by atomic mass is 32.2. The van der Waals surface area contributed by atoms with E-state index in [2.05, 4.69) is 10.3 Å². The number of hydrogen-bond acceptors (Lipinski definition) is 8. The smallest absolute Gasteiger partial charge is 0.337 e. The monoisotopic (exact) mass is 531 g/mol. The summed E-state index contributed by atoms with van der Waals surface area (Å²) in [5.74, 6) is -0.851. The van der Waals surface area contributed by atoms with Crippen LogP contribution in [0.4, 0.5) is 5.13 Å². The lowest BCUT2D eigenvalue weighted by Gasteiger charge is -2.30. The van der Waals surface area contributed by atoms with Crippen molar-refractivity contribution in [3.05, 3.63) is 59.5 Å². The van der Waals surface area contributed by atoms with Gasteiger partial charge in [-0.05, 0) is 55.5 Å². The fourth-order valence-corrected chi connectivity index (χ4v) is 6.42. The lowest BCUT2D eigenvalue weighted by molar-refractivity contribution is -0.120. The number of anilines is 1. The van der Waals surface area contributed by atoms with E-state index in [9.17, 15) is 18.0 Å². The Kier molecular flexibility index (Phi) is 7.90. The van der Waals surface area contributed by atoms with Gasteiger partial charge in [0.15, 0.2) is 5.13 Å². The van der Waals surface area contributed by atoms with Gasteiger partial charge in [-0.15, -0.1) is 23.1 Å². The summed E-state index contributed by atoms with van der Waals surface area (Å²) in [6, 6.07) is 13.7. The van der Waals surface area contributed by atoms with Crippen molar-refractivity contribution in [2.45, 2.75) is 22.6 Å². The molecule has 1 aliphatic rings. The van der Waals surface area contributed by atoms with Crippen molar-refractivity contribution in [1.29, 1.82) is 0 Å². The Labute approximate surface area is 212 Å². The number of carbonyl (C=O) groups excluding carboxylic acids is 2. The third kappa shape index (κ3) is 5.75. The average molecular weight is 532 g/mol. The maximum absolute atomic E-state index is 13.0. The van der Waals surface area contributed by atoms with Crippen molar-refractivity contribution in [1.82, 2.24) is 9.29 Å². The van der Waals surface area contributed by atoms with Gasteiger partial charge in [-0.25, -0.2) is 18.2 Å². The van der Waals surface area contributed by atoms with Crippen LogP contribution >= 0.6 is 23.1 Å². The summed E-state index contributed by atoms with van der Waals surface area (Å²) < 4.78 is 32.1. The molecule has 2 aromatic carbocycles. The molecule has 1 aromatic heterocycles. The number of hydrogen-bond donors (Lipinski definition) is 1. The van der Waals surface area contributed by atoms with Crippen LogP contribution < -0.4 is 5.32 Å². The minimum absolute atomic E-state index is 0.159. The van der Waals surface area contributed by atoms with Crippen LogP contribution in [0.1, 0.15) is 23.2 Å². The SMILES string of the molecule is COC(=O)c1ccc(-c2csc(NC(=O)C3CCN(S(=O)(=O)c4ccc(SC)cc4)CC3)n2)cc1. The second-order valence-electron chi connectivity index (χ2n) is 7.95. The molecule has 184 valence electrons. The molecular weight excluding hydrogens is 506 g/mol. The molecule has 2 heterocycles. The highest BCUT2D eigenvalue weighted by molar-refractivity contribution is 7.98. The standard InChI is InChI=1S/C24H25N3O5S3/c1-32-23(29)18-5-3-16(4-6-18)21-15-34-24(25-21)26-22(28)17-11-13-27(14-12-17)35(30,31)20-9-7-19(33-2)8-10-20/h3-10,15,17H,11-14H2,1-2H3,(H,25,26,28). The second-order valence-corrected chi connectivity index (χ2v) is 11.6. The lowest BCUT2D eigenvalue weighted by Crippen LogP contribution is -2.41. The molecule has 0 aliphatic carbocycles. The van der Waals surface area contributed by atoms with Crippen LogP contribution in [0, 0.1) is 5.92 Å². The van der Waals surface area contributed by atoms with Gasteiger partial charge in [0.05, 0.1) is 23.3 Å². The molecule has 1 amide bonds. The van der Waals surface area contributed by atoms with Gasteiger partial charge in [-0.1, -0.05) is 12.1 Å². The molecule has 1 saturated heterocycles. The van der Waals surface area contributed by atoms with Crippen LogP contribution in [0.2, 0.25) is 0 Å².